The van der Waals surface area contributed by atoms with Crippen LogP contribution < -0.4 is 11.3 Å². The van der Waals surface area contributed by atoms with E-state index >= 15 is 0 Å². The normalized spacial score (nSPS) is 14.8. The van der Waals surface area contributed by atoms with Gasteiger partial charge in [0.25, 0.3) is 0 Å². The summed E-state index contributed by atoms with van der Waals surface area (Å²) in [7, 11) is 0. The summed E-state index contributed by atoms with van der Waals surface area (Å²) in [4.78, 5) is 4.40. The van der Waals surface area contributed by atoms with Crippen molar-refractivity contribution in [2.24, 2.45) is 17.7 Å². The van der Waals surface area contributed by atoms with Crippen molar-refractivity contribution in [3.05, 3.63) is 42.1 Å². The first kappa shape index (κ1) is 14.0. The zero-order valence-corrected chi connectivity index (χ0v) is 11.9. The molecule has 2 aromatic rings. The number of aromatic nitrogens is 1. The van der Waals surface area contributed by atoms with Crippen LogP contribution in [0.1, 0.15) is 26.3 Å². The molecule has 0 saturated carbocycles. The Morgan fingerprint density at radius 1 is 1.16 bits per heavy atom. The number of benzene rings is 1. The Bertz CT molecular complexity index is 531. The average molecular weight is 257 g/mol. The van der Waals surface area contributed by atoms with E-state index in [-0.39, 0.29) is 6.04 Å². The quantitative estimate of drug-likeness (QED) is 0.639. The highest BCUT2D eigenvalue weighted by molar-refractivity contribution is 5.81. The Kier molecular flexibility index (Phi) is 4.51. The van der Waals surface area contributed by atoms with Crippen molar-refractivity contribution in [2.45, 2.75) is 33.2 Å². The maximum Gasteiger partial charge on any atom is 0.0704 e. The van der Waals surface area contributed by atoms with E-state index in [9.17, 15) is 0 Å². The molecule has 1 heterocycles. The third kappa shape index (κ3) is 3.11. The van der Waals surface area contributed by atoms with Crippen molar-refractivity contribution >= 4 is 10.9 Å². The van der Waals surface area contributed by atoms with Crippen LogP contribution in [-0.4, -0.2) is 11.0 Å². The fourth-order valence-electron chi connectivity index (χ4n) is 2.43. The van der Waals surface area contributed by atoms with E-state index in [1.165, 1.54) is 10.9 Å². The highest BCUT2D eigenvalue weighted by Crippen LogP contribution is 2.22. The molecular formula is C16H23N3. The maximum absolute atomic E-state index is 5.74. The molecule has 1 aromatic heterocycles. The molecule has 0 aliphatic carbocycles. The number of nitrogens with one attached hydrogen (secondary N) is 1. The molecule has 3 N–H and O–H groups in total. The summed E-state index contributed by atoms with van der Waals surface area (Å²) < 4.78 is 0. The second-order valence-electron chi connectivity index (χ2n) is 5.57. The van der Waals surface area contributed by atoms with E-state index in [0.29, 0.717) is 11.8 Å². The van der Waals surface area contributed by atoms with E-state index in [1.54, 1.807) is 0 Å². The number of pyridine rings is 1. The Morgan fingerprint density at radius 2 is 1.89 bits per heavy atom. The summed E-state index contributed by atoms with van der Waals surface area (Å²) in [6.45, 7) is 6.72. The van der Waals surface area contributed by atoms with Crippen LogP contribution in [0.5, 0.6) is 0 Å². The molecule has 3 heteroatoms. The summed E-state index contributed by atoms with van der Waals surface area (Å²) in [5.41, 5.74) is 5.33. The lowest BCUT2D eigenvalue weighted by Gasteiger charge is -2.26. The van der Waals surface area contributed by atoms with Gasteiger partial charge in [0.15, 0.2) is 0 Å². The van der Waals surface area contributed by atoms with Crippen molar-refractivity contribution < 1.29 is 0 Å². The van der Waals surface area contributed by atoms with Gasteiger partial charge in [-0.1, -0.05) is 39.0 Å². The van der Waals surface area contributed by atoms with Gasteiger partial charge in [-0.15, -0.1) is 0 Å². The van der Waals surface area contributed by atoms with E-state index in [0.717, 1.165) is 11.9 Å². The number of hydrazine groups is 1. The highest BCUT2D eigenvalue weighted by Gasteiger charge is 2.20. The number of nitrogens with zero attached hydrogens (tertiary/aromatic N) is 1. The summed E-state index contributed by atoms with van der Waals surface area (Å²) in [5, 5.41) is 1.22. The van der Waals surface area contributed by atoms with Gasteiger partial charge in [-0.05, 0) is 36.0 Å². The van der Waals surface area contributed by atoms with Gasteiger partial charge in [0.2, 0.25) is 0 Å². The molecule has 0 aliphatic rings. The predicted octanol–water partition coefficient (Wildman–Crippen LogP) is 2.90. The lowest BCUT2D eigenvalue weighted by molar-refractivity contribution is 0.300. The first-order valence-electron chi connectivity index (χ1n) is 6.92. The average Bonchev–Trinajstić information content (AvgIpc) is 2.44. The molecule has 0 radical (unpaired) electrons. The first-order chi connectivity index (χ1) is 9.13. The maximum atomic E-state index is 5.74. The van der Waals surface area contributed by atoms with Crippen molar-refractivity contribution in [3.63, 3.8) is 0 Å². The lowest BCUT2D eigenvalue weighted by Crippen LogP contribution is -2.43. The van der Waals surface area contributed by atoms with Gasteiger partial charge in [0, 0.05) is 17.6 Å². The van der Waals surface area contributed by atoms with Crippen LogP contribution in [0, 0.1) is 11.8 Å². The highest BCUT2D eigenvalue weighted by atomic mass is 15.2. The van der Waals surface area contributed by atoms with E-state index in [2.05, 4.69) is 55.4 Å². The van der Waals surface area contributed by atoms with Crippen LogP contribution in [0.4, 0.5) is 0 Å². The zero-order chi connectivity index (χ0) is 13.8. The number of rotatable bonds is 5. The molecule has 0 bridgehead atoms. The second kappa shape index (κ2) is 6.13. The minimum Gasteiger partial charge on any atom is -0.271 e. The van der Waals surface area contributed by atoms with Crippen molar-refractivity contribution in [3.8, 4) is 0 Å². The Balaban J connectivity index is 2.29. The molecule has 0 saturated heterocycles. The lowest BCUT2D eigenvalue weighted by atomic mass is 9.86. The van der Waals surface area contributed by atoms with Crippen LogP contribution in [0.15, 0.2) is 36.5 Å². The van der Waals surface area contributed by atoms with Crippen molar-refractivity contribution in [2.75, 3.05) is 0 Å². The Morgan fingerprint density at radius 3 is 2.58 bits per heavy atom. The van der Waals surface area contributed by atoms with E-state index in [4.69, 9.17) is 5.84 Å². The SMILES string of the molecule is CC(C)C(C)C(Cc1ccnc2ccccc12)NN. The molecule has 0 fully saturated rings. The molecule has 3 nitrogen and oxygen atoms in total. The third-order valence-electron chi connectivity index (χ3n) is 4.08. The molecule has 2 atom stereocenters. The Hall–Kier alpha value is -1.45. The molecule has 102 valence electrons. The van der Waals surface area contributed by atoms with Crippen LogP contribution in [0.2, 0.25) is 0 Å². The second-order valence-corrected chi connectivity index (χ2v) is 5.57. The summed E-state index contributed by atoms with van der Waals surface area (Å²) >= 11 is 0. The molecule has 1 aromatic carbocycles. The molecule has 2 unspecified atom stereocenters. The summed E-state index contributed by atoms with van der Waals surface area (Å²) in [6, 6.07) is 10.6. The molecule has 19 heavy (non-hydrogen) atoms. The smallest absolute Gasteiger partial charge is 0.0704 e. The summed E-state index contributed by atoms with van der Waals surface area (Å²) in [5.74, 6) is 6.87. The number of para-hydroxylation sites is 1. The third-order valence-corrected chi connectivity index (χ3v) is 4.08. The van der Waals surface area contributed by atoms with E-state index < -0.39 is 0 Å². The predicted molar refractivity (Wildman–Crippen MR) is 80.6 cm³/mol. The van der Waals surface area contributed by atoms with Crippen LogP contribution in [-0.2, 0) is 6.42 Å². The van der Waals surface area contributed by atoms with Gasteiger partial charge in [-0.3, -0.25) is 16.3 Å². The van der Waals surface area contributed by atoms with Crippen LogP contribution in [0.25, 0.3) is 10.9 Å². The fourth-order valence-corrected chi connectivity index (χ4v) is 2.43. The Labute approximate surface area is 115 Å². The van der Waals surface area contributed by atoms with Gasteiger partial charge in [0.1, 0.15) is 0 Å². The monoisotopic (exact) mass is 257 g/mol. The molecule has 2 rings (SSSR count). The number of nitrogens with two attached hydrogens (primary N) is 1. The number of hydrogen-bond acceptors (Lipinski definition) is 3. The topological polar surface area (TPSA) is 50.9 Å². The van der Waals surface area contributed by atoms with Crippen molar-refractivity contribution in [1.82, 2.24) is 10.4 Å². The molecule has 0 aliphatic heterocycles. The largest absolute Gasteiger partial charge is 0.271 e. The van der Waals surface area contributed by atoms with Crippen molar-refractivity contribution in [1.29, 1.82) is 0 Å². The van der Waals surface area contributed by atoms with Gasteiger partial charge in [0.05, 0.1) is 5.52 Å². The van der Waals surface area contributed by atoms with E-state index in [1.807, 2.05) is 12.3 Å². The standard InChI is InChI=1S/C16H23N3/c1-11(2)12(3)16(19-17)10-13-8-9-18-15-7-5-4-6-14(13)15/h4-9,11-12,16,19H,10,17H2,1-3H3. The van der Waals surface area contributed by atoms with Gasteiger partial charge < -0.3 is 0 Å². The number of hydrogen-bond donors (Lipinski definition) is 2. The zero-order valence-electron chi connectivity index (χ0n) is 11.9. The molecule has 0 spiro atoms. The summed E-state index contributed by atoms with van der Waals surface area (Å²) in [6.07, 6.45) is 2.81. The van der Waals surface area contributed by atoms with Crippen LogP contribution in [0.3, 0.4) is 0 Å². The fraction of sp³-hybridized carbons (Fsp3) is 0.438. The van der Waals surface area contributed by atoms with Crippen LogP contribution >= 0.6 is 0 Å². The minimum atomic E-state index is 0.283. The molecule has 0 amide bonds. The minimum absolute atomic E-state index is 0.283. The van der Waals surface area contributed by atoms with Gasteiger partial charge >= 0.3 is 0 Å². The first-order valence-corrected chi connectivity index (χ1v) is 6.92. The van der Waals surface area contributed by atoms with Gasteiger partial charge in [-0.2, -0.15) is 0 Å². The molecular weight excluding hydrogens is 234 g/mol. The van der Waals surface area contributed by atoms with Gasteiger partial charge in [-0.25, -0.2) is 0 Å². The number of fused-ring (bicyclic) bond motifs is 1.